The monoisotopic (exact) mass is 241 g/mol. The Bertz CT molecular complexity index is 242. The first-order chi connectivity index (χ1) is 8.10. The molecule has 0 saturated carbocycles. The van der Waals surface area contributed by atoms with E-state index in [0.29, 0.717) is 12.0 Å². The zero-order chi connectivity index (χ0) is 12.8. The molecule has 0 amide bonds. The van der Waals surface area contributed by atoms with E-state index in [4.69, 9.17) is 4.74 Å². The van der Waals surface area contributed by atoms with Gasteiger partial charge in [0, 0.05) is 12.6 Å². The number of carbonyl (C=O) groups is 1. The summed E-state index contributed by atoms with van der Waals surface area (Å²) in [5, 5.41) is 0. The number of piperidine rings is 1. The maximum absolute atomic E-state index is 11.9. The quantitative estimate of drug-likeness (QED) is 0.693. The van der Waals surface area contributed by atoms with Crippen LogP contribution in [0.4, 0.5) is 0 Å². The van der Waals surface area contributed by atoms with Crippen LogP contribution in [-0.4, -0.2) is 36.6 Å². The van der Waals surface area contributed by atoms with Gasteiger partial charge >= 0.3 is 5.97 Å². The fraction of sp³-hybridized carbons (Fsp3) is 0.929. The average Bonchev–Trinajstić information content (AvgIpc) is 2.33. The number of nitrogens with zero attached hydrogens (tertiary/aromatic N) is 1. The summed E-state index contributed by atoms with van der Waals surface area (Å²) in [6.07, 6.45) is 5.63. The van der Waals surface area contributed by atoms with Crippen molar-refractivity contribution in [3.8, 4) is 0 Å². The number of ether oxygens (including phenoxy) is 1. The van der Waals surface area contributed by atoms with Crippen molar-refractivity contribution in [2.45, 2.75) is 65.0 Å². The molecule has 0 aromatic rings. The molecule has 100 valence electrons. The number of likely N-dealkylation sites (tertiary alicyclic amines) is 1. The van der Waals surface area contributed by atoms with E-state index < -0.39 is 0 Å². The molecule has 17 heavy (non-hydrogen) atoms. The lowest BCUT2D eigenvalue weighted by Crippen LogP contribution is -2.51. The molecule has 0 radical (unpaired) electrons. The maximum Gasteiger partial charge on any atom is 0.323 e. The van der Waals surface area contributed by atoms with Crippen LogP contribution in [0.5, 0.6) is 0 Å². The number of hydrogen-bond acceptors (Lipinski definition) is 3. The normalized spacial score (nSPS) is 27.8. The summed E-state index contributed by atoms with van der Waals surface area (Å²) in [4.78, 5) is 14.3. The third kappa shape index (κ3) is 3.98. The highest BCUT2D eigenvalue weighted by Crippen LogP contribution is 2.25. The second kappa shape index (κ2) is 7.00. The Morgan fingerprint density at radius 2 is 2.12 bits per heavy atom. The molecule has 3 nitrogen and oxygen atoms in total. The number of hydrogen-bond donors (Lipinski definition) is 0. The Balaban J connectivity index is 2.68. The van der Waals surface area contributed by atoms with Gasteiger partial charge in [-0.2, -0.15) is 0 Å². The lowest BCUT2D eigenvalue weighted by molar-refractivity contribution is -0.149. The van der Waals surface area contributed by atoms with Crippen LogP contribution in [0.1, 0.15) is 52.9 Å². The molecule has 1 saturated heterocycles. The maximum atomic E-state index is 11.9. The second-order valence-corrected chi connectivity index (χ2v) is 5.41. The van der Waals surface area contributed by atoms with Gasteiger partial charge in [-0.15, -0.1) is 0 Å². The Morgan fingerprint density at radius 1 is 1.41 bits per heavy atom. The number of rotatable bonds is 5. The fourth-order valence-corrected chi connectivity index (χ4v) is 2.71. The van der Waals surface area contributed by atoms with E-state index in [9.17, 15) is 4.79 Å². The molecule has 0 N–H and O–H groups in total. The molecule has 1 fully saturated rings. The van der Waals surface area contributed by atoms with Crippen molar-refractivity contribution in [1.29, 1.82) is 0 Å². The van der Waals surface area contributed by atoms with Crippen LogP contribution in [0.25, 0.3) is 0 Å². The highest BCUT2D eigenvalue weighted by Gasteiger charge is 2.33. The van der Waals surface area contributed by atoms with E-state index >= 15 is 0 Å². The van der Waals surface area contributed by atoms with E-state index in [1.807, 2.05) is 0 Å². The first kappa shape index (κ1) is 14.5. The first-order valence-electron chi connectivity index (χ1n) is 6.93. The van der Waals surface area contributed by atoms with Gasteiger partial charge in [0.2, 0.25) is 0 Å². The molecule has 0 aromatic carbocycles. The minimum Gasteiger partial charge on any atom is -0.468 e. The Labute approximate surface area is 106 Å². The molecule has 1 heterocycles. The molecular formula is C14H27NO2. The minimum atomic E-state index is -0.0561. The molecule has 0 aliphatic carbocycles. The summed E-state index contributed by atoms with van der Waals surface area (Å²) in [6.45, 7) is 7.70. The zero-order valence-corrected chi connectivity index (χ0v) is 11.7. The van der Waals surface area contributed by atoms with Crippen molar-refractivity contribution in [3.05, 3.63) is 0 Å². The molecule has 0 bridgehead atoms. The SMILES string of the molecule is CCCCC(C(=O)OC)N1CC(C)CCC1C. The van der Waals surface area contributed by atoms with Gasteiger partial charge in [0.15, 0.2) is 0 Å². The zero-order valence-electron chi connectivity index (χ0n) is 11.7. The average molecular weight is 241 g/mol. The van der Waals surface area contributed by atoms with E-state index in [1.165, 1.54) is 20.0 Å². The smallest absolute Gasteiger partial charge is 0.323 e. The van der Waals surface area contributed by atoms with Crippen LogP contribution >= 0.6 is 0 Å². The molecule has 0 spiro atoms. The van der Waals surface area contributed by atoms with Gasteiger partial charge in [-0.25, -0.2) is 0 Å². The highest BCUT2D eigenvalue weighted by molar-refractivity contribution is 5.75. The highest BCUT2D eigenvalue weighted by atomic mass is 16.5. The van der Waals surface area contributed by atoms with Crippen LogP contribution in [0.2, 0.25) is 0 Å². The largest absolute Gasteiger partial charge is 0.468 e. The molecule has 3 unspecified atom stereocenters. The van der Waals surface area contributed by atoms with Crippen molar-refractivity contribution in [1.82, 2.24) is 4.90 Å². The summed E-state index contributed by atoms with van der Waals surface area (Å²) in [5.74, 6) is 0.638. The van der Waals surface area contributed by atoms with E-state index in [-0.39, 0.29) is 12.0 Å². The van der Waals surface area contributed by atoms with Crippen LogP contribution in [0.3, 0.4) is 0 Å². The van der Waals surface area contributed by atoms with E-state index in [0.717, 1.165) is 25.8 Å². The third-order valence-electron chi connectivity index (χ3n) is 3.87. The number of unbranched alkanes of at least 4 members (excludes halogenated alkanes) is 1. The predicted molar refractivity (Wildman–Crippen MR) is 69.9 cm³/mol. The topological polar surface area (TPSA) is 29.5 Å². The summed E-state index contributed by atoms with van der Waals surface area (Å²) in [6, 6.07) is 0.477. The number of esters is 1. The molecule has 1 aliphatic rings. The van der Waals surface area contributed by atoms with Crippen molar-refractivity contribution >= 4 is 5.97 Å². The predicted octanol–water partition coefficient (Wildman–Crippen LogP) is 2.84. The van der Waals surface area contributed by atoms with Crippen molar-refractivity contribution in [2.24, 2.45) is 5.92 Å². The van der Waals surface area contributed by atoms with Gasteiger partial charge in [-0.05, 0) is 32.1 Å². The van der Waals surface area contributed by atoms with Crippen LogP contribution in [-0.2, 0) is 9.53 Å². The summed E-state index contributed by atoms with van der Waals surface area (Å²) in [5.41, 5.74) is 0. The molecule has 3 atom stereocenters. The summed E-state index contributed by atoms with van der Waals surface area (Å²) < 4.78 is 4.97. The lowest BCUT2D eigenvalue weighted by Gasteiger charge is -2.40. The van der Waals surface area contributed by atoms with Gasteiger partial charge in [0.25, 0.3) is 0 Å². The van der Waals surface area contributed by atoms with Crippen LogP contribution in [0, 0.1) is 5.92 Å². The second-order valence-electron chi connectivity index (χ2n) is 5.41. The molecular weight excluding hydrogens is 214 g/mol. The first-order valence-corrected chi connectivity index (χ1v) is 6.93. The minimum absolute atomic E-state index is 0.0299. The van der Waals surface area contributed by atoms with Gasteiger partial charge in [0.05, 0.1) is 7.11 Å². The summed E-state index contributed by atoms with van der Waals surface area (Å²) >= 11 is 0. The Morgan fingerprint density at radius 3 is 2.71 bits per heavy atom. The van der Waals surface area contributed by atoms with E-state index in [2.05, 4.69) is 25.7 Å². The van der Waals surface area contributed by atoms with Crippen LogP contribution in [0.15, 0.2) is 0 Å². The van der Waals surface area contributed by atoms with Crippen molar-refractivity contribution in [2.75, 3.05) is 13.7 Å². The van der Waals surface area contributed by atoms with Gasteiger partial charge in [-0.3, -0.25) is 9.69 Å². The summed E-state index contributed by atoms with van der Waals surface area (Å²) in [7, 11) is 1.50. The Hall–Kier alpha value is -0.570. The van der Waals surface area contributed by atoms with Crippen LogP contribution < -0.4 is 0 Å². The molecule has 1 rings (SSSR count). The van der Waals surface area contributed by atoms with Gasteiger partial charge < -0.3 is 4.74 Å². The number of methoxy groups -OCH3 is 1. The number of carbonyl (C=O) groups excluding carboxylic acids is 1. The molecule has 1 aliphatic heterocycles. The molecule has 3 heteroatoms. The Kier molecular flexibility index (Phi) is 5.96. The molecule has 0 aromatic heterocycles. The fourth-order valence-electron chi connectivity index (χ4n) is 2.71. The van der Waals surface area contributed by atoms with Gasteiger partial charge in [-0.1, -0.05) is 26.7 Å². The lowest BCUT2D eigenvalue weighted by atomic mass is 9.92. The van der Waals surface area contributed by atoms with Crippen molar-refractivity contribution < 1.29 is 9.53 Å². The van der Waals surface area contributed by atoms with E-state index in [1.54, 1.807) is 0 Å². The standard InChI is InChI=1S/C14H27NO2/c1-5-6-7-13(14(16)17-4)15-10-11(2)8-9-12(15)3/h11-13H,5-10H2,1-4H3. The third-order valence-corrected chi connectivity index (χ3v) is 3.87. The van der Waals surface area contributed by atoms with Crippen molar-refractivity contribution in [3.63, 3.8) is 0 Å². The van der Waals surface area contributed by atoms with Gasteiger partial charge in [0.1, 0.15) is 6.04 Å².